The average molecular weight is 416 g/mol. The van der Waals surface area contributed by atoms with Crippen molar-refractivity contribution < 1.29 is 9.21 Å². The number of rotatable bonds is 5. The minimum Gasteiger partial charge on any atom is -0.459 e. The maximum absolute atomic E-state index is 12.3. The monoisotopic (exact) mass is 416 g/mol. The smallest absolute Gasteiger partial charge is 0.287 e. The van der Waals surface area contributed by atoms with Crippen molar-refractivity contribution in [1.82, 2.24) is 30.0 Å². The van der Waals surface area contributed by atoms with E-state index in [9.17, 15) is 4.79 Å². The average Bonchev–Trinajstić information content (AvgIpc) is 3.42. The largest absolute Gasteiger partial charge is 0.459 e. The van der Waals surface area contributed by atoms with Gasteiger partial charge in [-0.25, -0.2) is 0 Å². The van der Waals surface area contributed by atoms with Crippen LogP contribution in [0, 0.1) is 0 Å². The van der Waals surface area contributed by atoms with Crippen molar-refractivity contribution in [2.45, 2.75) is 32.5 Å². The van der Waals surface area contributed by atoms with Gasteiger partial charge in [-0.2, -0.15) is 0 Å². The second-order valence-corrected chi connectivity index (χ2v) is 7.81. The van der Waals surface area contributed by atoms with Crippen LogP contribution in [-0.2, 0) is 19.5 Å². The molecule has 5 rings (SSSR count). The Morgan fingerprint density at radius 2 is 2.06 bits per heavy atom. The number of nitrogens with zero attached hydrogens (tertiary/aromatic N) is 5. The Morgan fingerprint density at radius 1 is 1.13 bits per heavy atom. The number of hydrogen-bond acceptors (Lipinski definition) is 6. The van der Waals surface area contributed by atoms with Gasteiger partial charge in [0.25, 0.3) is 5.91 Å². The highest BCUT2D eigenvalue weighted by molar-refractivity contribution is 5.91. The lowest BCUT2D eigenvalue weighted by Gasteiger charge is -2.21. The third-order valence-electron chi connectivity index (χ3n) is 5.76. The Bertz CT molecular complexity index is 1190. The van der Waals surface area contributed by atoms with Crippen LogP contribution in [0.2, 0.25) is 0 Å². The Kier molecular flexibility index (Phi) is 5.21. The number of fused-ring (bicyclic) bond motifs is 2. The SMILES string of the molecule is CC(NC(=O)c1ccco1)c1nnc2n1CCN(Cc1cccc3ncccc13)CC2. The molecule has 0 aliphatic carbocycles. The molecule has 0 saturated heterocycles. The summed E-state index contributed by atoms with van der Waals surface area (Å²) in [7, 11) is 0. The van der Waals surface area contributed by atoms with E-state index in [0.29, 0.717) is 5.76 Å². The molecule has 1 atom stereocenters. The standard InChI is InChI=1S/C23H24N6O2/c1-16(25-23(30)20-8-4-14-31-20)22-27-26-21-9-11-28(12-13-29(21)22)15-17-5-2-7-19-18(17)6-3-10-24-19/h2-8,10,14,16H,9,11-13,15H2,1H3,(H,25,30). The molecule has 8 heteroatoms. The first-order valence-corrected chi connectivity index (χ1v) is 10.5. The summed E-state index contributed by atoms with van der Waals surface area (Å²) in [6.45, 7) is 5.35. The van der Waals surface area contributed by atoms with Crippen molar-refractivity contribution in [2.24, 2.45) is 0 Å². The Hall–Kier alpha value is -3.52. The van der Waals surface area contributed by atoms with Crippen LogP contribution < -0.4 is 5.32 Å². The van der Waals surface area contributed by atoms with Crippen LogP contribution in [0.3, 0.4) is 0 Å². The number of carbonyl (C=O) groups excluding carboxylic acids is 1. The highest BCUT2D eigenvalue weighted by Crippen LogP contribution is 2.21. The second-order valence-electron chi connectivity index (χ2n) is 7.81. The Morgan fingerprint density at radius 3 is 2.94 bits per heavy atom. The summed E-state index contributed by atoms with van der Waals surface area (Å²) in [5.74, 6) is 1.76. The van der Waals surface area contributed by atoms with Crippen molar-refractivity contribution in [2.75, 3.05) is 13.1 Å². The van der Waals surface area contributed by atoms with Gasteiger partial charge in [-0.15, -0.1) is 10.2 Å². The molecule has 0 radical (unpaired) electrons. The van der Waals surface area contributed by atoms with Gasteiger partial charge in [0.1, 0.15) is 5.82 Å². The van der Waals surface area contributed by atoms with Crippen LogP contribution >= 0.6 is 0 Å². The van der Waals surface area contributed by atoms with E-state index in [4.69, 9.17) is 4.42 Å². The van der Waals surface area contributed by atoms with Crippen molar-refractivity contribution >= 4 is 16.8 Å². The van der Waals surface area contributed by atoms with E-state index in [1.165, 1.54) is 17.2 Å². The zero-order chi connectivity index (χ0) is 21.2. The van der Waals surface area contributed by atoms with E-state index < -0.39 is 0 Å². The van der Waals surface area contributed by atoms with Gasteiger partial charge in [0.2, 0.25) is 0 Å². The summed E-state index contributed by atoms with van der Waals surface area (Å²) in [4.78, 5) is 19.2. The number of pyridine rings is 1. The minimum atomic E-state index is -0.269. The highest BCUT2D eigenvalue weighted by atomic mass is 16.3. The van der Waals surface area contributed by atoms with Gasteiger partial charge in [0.05, 0.1) is 17.8 Å². The molecule has 158 valence electrons. The van der Waals surface area contributed by atoms with E-state index in [1.807, 2.05) is 25.3 Å². The topological polar surface area (TPSA) is 89.1 Å². The van der Waals surface area contributed by atoms with Crippen LogP contribution in [0.4, 0.5) is 0 Å². The van der Waals surface area contributed by atoms with Crippen LogP contribution in [0.15, 0.2) is 59.3 Å². The zero-order valence-corrected chi connectivity index (χ0v) is 17.4. The summed E-state index contributed by atoms with van der Waals surface area (Å²) in [6, 6.07) is 13.5. The number of carbonyl (C=O) groups is 1. The summed E-state index contributed by atoms with van der Waals surface area (Å²) < 4.78 is 7.32. The fourth-order valence-corrected chi connectivity index (χ4v) is 4.15. The molecule has 8 nitrogen and oxygen atoms in total. The van der Waals surface area contributed by atoms with Crippen molar-refractivity contribution in [1.29, 1.82) is 0 Å². The molecule has 1 amide bonds. The second kappa shape index (κ2) is 8.31. The van der Waals surface area contributed by atoms with E-state index >= 15 is 0 Å². The van der Waals surface area contributed by atoms with Crippen LogP contribution in [0.25, 0.3) is 10.9 Å². The third kappa shape index (κ3) is 3.94. The predicted octanol–water partition coefficient (Wildman–Crippen LogP) is 2.97. The van der Waals surface area contributed by atoms with Gasteiger partial charge in [0.15, 0.2) is 11.6 Å². The molecule has 1 aliphatic rings. The third-order valence-corrected chi connectivity index (χ3v) is 5.76. The fraction of sp³-hybridized carbons (Fsp3) is 0.304. The van der Waals surface area contributed by atoms with Gasteiger partial charge >= 0.3 is 0 Å². The molecule has 0 fully saturated rings. The summed E-state index contributed by atoms with van der Waals surface area (Å²) in [6.07, 6.45) is 4.13. The van der Waals surface area contributed by atoms with E-state index in [0.717, 1.165) is 49.8 Å². The first kappa shape index (κ1) is 19.4. The van der Waals surface area contributed by atoms with Crippen LogP contribution in [-0.4, -0.2) is 43.6 Å². The molecule has 0 spiro atoms. The summed E-state index contributed by atoms with van der Waals surface area (Å²) in [5.41, 5.74) is 2.30. The maximum Gasteiger partial charge on any atom is 0.287 e. The maximum atomic E-state index is 12.3. The number of nitrogens with one attached hydrogen (secondary N) is 1. The molecule has 1 N–H and O–H groups in total. The molecule has 31 heavy (non-hydrogen) atoms. The zero-order valence-electron chi connectivity index (χ0n) is 17.4. The predicted molar refractivity (Wildman–Crippen MR) is 115 cm³/mol. The summed E-state index contributed by atoms with van der Waals surface area (Å²) in [5, 5.41) is 12.9. The van der Waals surface area contributed by atoms with E-state index in [-0.39, 0.29) is 11.9 Å². The Labute approximate surface area is 179 Å². The van der Waals surface area contributed by atoms with Gasteiger partial charge in [-0.3, -0.25) is 14.7 Å². The Balaban J connectivity index is 1.29. The van der Waals surface area contributed by atoms with Crippen molar-refractivity contribution in [3.63, 3.8) is 0 Å². The normalized spacial score (nSPS) is 15.4. The van der Waals surface area contributed by atoms with Gasteiger partial charge in [-0.1, -0.05) is 18.2 Å². The fourth-order valence-electron chi connectivity index (χ4n) is 4.15. The number of amides is 1. The number of aromatic nitrogens is 4. The van der Waals surface area contributed by atoms with Gasteiger partial charge in [0, 0.05) is 44.2 Å². The number of furan rings is 1. The van der Waals surface area contributed by atoms with E-state index in [1.54, 1.807) is 12.1 Å². The van der Waals surface area contributed by atoms with Crippen molar-refractivity contribution in [3.8, 4) is 0 Å². The molecule has 1 aliphatic heterocycles. The molecule has 0 bridgehead atoms. The minimum absolute atomic E-state index is 0.255. The molecule has 0 saturated carbocycles. The molecule has 1 unspecified atom stereocenters. The lowest BCUT2D eigenvalue weighted by molar-refractivity contribution is 0.0909. The molecular weight excluding hydrogens is 392 g/mol. The van der Waals surface area contributed by atoms with Crippen LogP contribution in [0.5, 0.6) is 0 Å². The lowest BCUT2D eigenvalue weighted by Crippen LogP contribution is -2.30. The first-order valence-electron chi connectivity index (χ1n) is 10.5. The molecule has 4 heterocycles. The van der Waals surface area contributed by atoms with Gasteiger partial charge in [-0.05, 0) is 36.8 Å². The molecule has 3 aromatic heterocycles. The number of hydrogen-bond donors (Lipinski definition) is 1. The van der Waals surface area contributed by atoms with Crippen molar-refractivity contribution in [3.05, 3.63) is 77.9 Å². The number of benzene rings is 1. The first-order chi connectivity index (χ1) is 15.2. The summed E-state index contributed by atoms with van der Waals surface area (Å²) >= 11 is 0. The van der Waals surface area contributed by atoms with Crippen LogP contribution in [0.1, 0.15) is 40.7 Å². The van der Waals surface area contributed by atoms with Gasteiger partial charge < -0.3 is 14.3 Å². The van der Waals surface area contributed by atoms with E-state index in [2.05, 4.69) is 48.2 Å². The lowest BCUT2D eigenvalue weighted by atomic mass is 10.1. The molecule has 1 aromatic carbocycles. The molecular formula is C23H24N6O2. The quantitative estimate of drug-likeness (QED) is 0.538. The highest BCUT2D eigenvalue weighted by Gasteiger charge is 2.23. The molecule has 4 aromatic rings.